The van der Waals surface area contributed by atoms with Crippen LogP contribution in [-0.2, 0) is 22.5 Å². The predicted molar refractivity (Wildman–Crippen MR) is 160 cm³/mol. The summed E-state index contributed by atoms with van der Waals surface area (Å²) in [6.07, 6.45) is 8.68. The van der Waals surface area contributed by atoms with Crippen LogP contribution < -0.4 is 10.6 Å². The van der Waals surface area contributed by atoms with E-state index in [0.29, 0.717) is 49.2 Å². The Morgan fingerprint density at radius 2 is 2.02 bits per heavy atom. The number of pyridine rings is 2. The first-order chi connectivity index (χ1) is 20.4. The fraction of sp³-hybridized carbons (Fsp3) is 0.600. The molecule has 1 saturated heterocycles. The smallest absolute Gasteiger partial charge is 0.200 e. The lowest BCUT2D eigenvalue weighted by Crippen LogP contribution is -2.45. The van der Waals surface area contributed by atoms with Crippen molar-refractivity contribution in [1.29, 1.82) is 5.26 Å². The highest BCUT2D eigenvalue weighted by atomic mass is 35.5. The van der Waals surface area contributed by atoms with Gasteiger partial charge in [0.15, 0.2) is 5.82 Å². The number of H-pyrrole nitrogens is 1. The molecule has 5 rings (SSSR count). The molecule has 0 spiro atoms. The third-order valence-corrected chi connectivity index (χ3v) is 8.94. The summed E-state index contributed by atoms with van der Waals surface area (Å²) in [6.45, 7) is 6.36. The quantitative estimate of drug-likeness (QED) is 0.269. The lowest BCUT2D eigenvalue weighted by molar-refractivity contribution is 0.0232. The molecule has 2 aliphatic rings. The van der Waals surface area contributed by atoms with Gasteiger partial charge in [-0.2, -0.15) is 10.5 Å². The molecule has 1 saturated carbocycles. The first kappa shape index (κ1) is 30.3. The van der Waals surface area contributed by atoms with E-state index in [-0.39, 0.29) is 12.1 Å². The lowest BCUT2D eigenvalue weighted by Gasteiger charge is -2.33. The van der Waals surface area contributed by atoms with Gasteiger partial charge < -0.3 is 20.1 Å². The van der Waals surface area contributed by atoms with E-state index in [4.69, 9.17) is 26.1 Å². The molecule has 2 atom stereocenters. The summed E-state index contributed by atoms with van der Waals surface area (Å²) < 4.78 is 11.4. The number of aromatic nitrogens is 6. The summed E-state index contributed by atoms with van der Waals surface area (Å²) in [7, 11) is 0. The highest BCUT2D eigenvalue weighted by molar-refractivity contribution is 6.33. The number of nitrogens with one attached hydrogen (secondary N) is 3. The van der Waals surface area contributed by atoms with Crippen molar-refractivity contribution in [3.05, 3.63) is 47.0 Å². The third kappa shape index (κ3) is 8.01. The molecule has 0 radical (unpaired) electrons. The van der Waals surface area contributed by atoms with Gasteiger partial charge in [0.2, 0.25) is 0 Å². The van der Waals surface area contributed by atoms with Gasteiger partial charge in [-0.1, -0.05) is 22.9 Å². The molecule has 3 aromatic heterocycles. The Morgan fingerprint density at radius 3 is 2.76 bits per heavy atom. The maximum Gasteiger partial charge on any atom is 0.200 e. The number of anilines is 1. The molecule has 42 heavy (non-hydrogen) atoms. The van der Waals surface area contributed by atoms with E-state index in [1.54, 1.807) is 6.20 Å². The van der Waals surface area contributed by atoms with Crippen molar-refractivity contribution in [2.75, 3.05) is 25.1 Å². The SMILES string of the molecule is C[C@@H](NC1CCC(Cc2cc(-c3cccc(NCC4(C#N)CCOCC4)n3)c(Cl)cn2)CC1)[C@@H](C)OCc1nn[nH]n1. The minimum absolute atomic E-state index is 0.0366. The van der Waals surface area contributed by atoms with Crippen LogP contribution >= 0.6 is 11.6 Å². The lowest BCUT2D eigenvalue weighted by atomic mass is 9.82. The summed E-state index contributed by atoms with van der Waals surface area (Å²) in [5.74, 6) is 1.87. The number of ether oxygens (including phenoxy) is 2. The van der Waals surface area contributed by atoms with Crippen LogP contribution in [0.25, 0.3) is 11.3 Å². The van der Waals surface area contributed by atoms with Crippen LogP contribution in [0.5, 0.6) is 0 Å². The van der Waals surface area contributed by atoms with Gasteiger partial charge >= 0.3 is 0 Å². The van der Waals surface area contributed by atoms with E-state index >= 15 is 0 Å². The van der Waals surface area contributed by atoms with Crippen molar-refractivity contribution in [1.82, 2.24) is 35.9 Å². The number of hydrogen-bond acceptors (Lipinski definition) is 10. The minimum Gasteiger partial charge on any atom is -0.381 e. The Kier molecular flexibility index (Phi) is 10.3. The highest BCUT2D eigenvalue weighted by Crippen LogP contribution is 2.33. The zero-order valence-corrected chi connectivity index (χ0v) is 25.1. The van der Waals surface area contributed by atoms with E-state index in [1.165, 1.54) is 0 Å². The fourth-order valence-corrected chi connectivity index (χ4v) is 5.95. The summed E-state index contributed by atoms with van der Waals surface area (Å²) in [5.41, 5.74) is 2.29. The molecule has 12 heteroatoms. The Morgan fingerprint density at radius 1 is 1.21 bits per heavy atom. The molecule has 0 bridgehead atoms. The number of nitrogens with zero attached hydrogens (tertiary/aromatic N) is 6. The normalized spacial score (nSPS) is 21.8. The molecule has 11 nitrogen and oxygen atoms in total. The van der Waals surface area contributed by atoms with Crippen LogP contribution in [0.1, 0.15) is 63.9 Å². The number of nitriles is 1. The Bertz CT molecular complexity index is 1320. The second-order valence-corrected chi connectivity index (χ2v) is 12.1. The summed E-state index contributed by atoms with van der Waals surface area (Å²) in [4.78, 5) is 9.49. The van der Waals surface area contributed by atoms with Crippen LogP contribution in [0, 0.1) is 22.7 Å². The number of tetrazole rings is 1. The van der Waals surface area contributed by atoms with Crippen molar-refractivity contribution < 1.29 is 9.47 Å². The van der Waals surface area contributed by atoms with E-state index < -0.39 is 5.41 Å². The molecule has 0 unspecified atom stereocenters. The largest absolute Gasteiger partial charge is 0.381 e. The average Bonchev–Trinajstić information content (AvgIpc) is 3.55. The molecular weight excluding hydrogens is 554 g/mol. The Hall–Kier alpha value is -3.17. The van der Waals surface area contributed by atoms with Gasteiger partial charge in [0.1, 0.15) is 12.4 Å². The molecule has 1 aliphatic heterocycles. The third-order valence-electron chi connectivity index (χ3n) is 8.64. The van der Waals surface area contributed by atoms with Gasteiger partial charge in [-0.25, -0.2) is 4.98 Å². The Labute approximate surface area is 252 Å². The number of hydrogen-bond donors (Lipinski definition) is 3. The summed E-state index contributed by atoms with van der Waals surface area (Å²) in [6, 6.07) is 11.1. The van der Waals surface area contributed by atoms with Crippen molar-refractivity contribution in [3.8, 4) is 17.3 Å². The topological polar surface area (TPSA) is 147 Å². The van der Waals surface area contributed by atoms with E-state index in [9.17, 15) is 5.26 Å². The molecule has 0 amide bonds. The zero-order valence-electron chi connectivity index (χ0n) is 24.4. The van der Waals surface area contributed by atoms with Crippen LogP contribution in [0.2, 0.25) is 5.02 Å². The van der Waals surface area contributed by atoms with Crippen molar-refractivity contribution in [2.45, 2.75) is 83.6 Å². The first-order valence-corrected chi connectivity index (χ1v) is 15.3. The maximum atomic E-state index is 9.77. The van der Waals surface area contributed by atoms with Gasteiger partial charge in [0, 0.05) is 49.3 Å². The number of rotatable bonds is 12. The first-order valence-electron chi connectivity index (χ1n) is 14.9. The number of aromatic amines is 1. The number of halogens is 1. The van der Waals surface area contributed by atoms with Crippen LogP contribution in [-0.4, -0.2) is 68.5 Å². The second-order valence-electron chi connectivity index (χ2n) is 11.6. The highest BCUT2D eigenvalue weighted by Gasteiger charge is 2.32. The Balaban J connectivity index is 1.12. The predicted octanol–water partition coefficient (Wildman–Crippen LogP) is 4.73. The van der Waals surface area contributed by atoms with Crippen molar-refractivity contribution in [2.24, 2.45) is 11.3 Å². The minimum atomic E-state index is -0.424. The van der Waals surface area contributed by atoms with E-state index in [1.807, 2.05) is 18.2 Å². The molecule has 1 aliphatic carbocycles. The molecule has 0 aromatic carbocycles. The summed E-state index contributed by atoms with van der Waals surface area (Å²) in [5, 5.41) is 31.4. The molecule has 224 valence electrons. The van der Waals surface area contributed by atoms with Crippen LogP contribution in [0.3, 0.4) is 0 Å². The van der Waals surface area contributed by atoms with Gasteiger partial charge in [0.05, 0.1) is 28.3 Å². The molecule has 3 N–H and O–H groups in total. The zero-order chi connectivity index (χ0) is 29.4. The molecular formula is C30H40ClN9O2. The van der Waals surface area contributed by atoms with Gasteiger partial charge in [0.25, 0.3) is 0 Å². The van der Waals surface area contributed by atoms with Crippen LogP contribution in [0.4, 0.5) is 5.82 Å². The molecule has 4 heterocycles. The van der Waals surface area contributed by atoms with Crippen LogP contribution in [0.15, 0.2) is 30.5 Å². The van der Waals surface area contributed by atoms with Gasteiger partial charge in [-0.3, -0.25) is 4.98 Å². The van der Waals surface area contributed by atoms with Crippen molar-refractivity contribution in [3.63, 3.8) is 0 Å². The van der Waals surface area contributed by atoms with Gasteiger partial charge in [-0.05, 0) is 82.9 Å². The fourth-order valence-electron chi connectivity index (χ4n) is 5.75. The summed E-state index contributed by atoms with van der Waals surface area (Å²) >= 11 is 6.60. The molecule has 3 aromatic rings. The maximum absolute atomic E-state index is 9.77. The van der Waals surface area contributed by atoms with Gasteiger partial charge in [-0.15, -0.1) is 10.2 Å². The average molecular weight is 594 g/mol. The second kappa shape index (κ2) is 14.3. The van der Waals surface area contributed by atoms with E-state index in [2.05, 4.69) is 62.2 Å². The standard InChI is InChI=1S/C30H40ClN9O2/c1-20(21(2)42-17-29-37-39-40-38-29)35-23-8-6-22(7-9-23)14-24-15-25(26(31)16-33-24)27-4-3-5-28(36-27)34-19-30(18-32)10-12-41-13-11-30/h3-5,15-16,20-23,35H,6-14,17,19H2,1-2H3,(H,34,36)(H,37,38,39,40)/t20-,21-,22?,23?/m1/s1. The van der Waals surface area contributed by atoms with E-state index in [0.717, 1.165) is 67.7 Å². The van der Waals surface area contributed by atoms with Crippen molar-refractivity contribution >= 4 is 17.4 Å². The monoisotopic (exact) mass is 593 g/mol. The molecule has 2 fully saturated rings.